The number of amides is 1. The zero-order valence-corrected chi connectivity index (χ0v) is 15.3. The van der Waals surface area contributed by atoms with E-state index in [1.807, 2.05) is 42.6 Å². The Morgan fingerprint density at radius 2 is 1.89 bits per heavy atom. The molecule has 4 rings (SSSR count). The molecule has 3 aromatic rings. The molecule has 1 N–H and O–H groups in total. The van der Waals surface area contributed by atoms with Crippen LogP contribution in [0.15, 0.2) is 71.9 Å². The number of aryl methyl sites for hydroxylation is 1. The summed E-state index contributed by atoms with van der Waals surface area (Å²) in [5.41, 5.74) is 2.15. The van der Waals surface area contributed by atoms with Crippen LogP contribution in [0.1, 0.15) is 22.0 Å². The number of thiophene rings is 1. The summed E-state index contributed by atoms with van der Waals surface area (Å²) in [6.45, 7) is 1.93. The van der Waals surface area contributed by atoms with Crippen LogP contribution in [-0.4, -0.2) is 21.8 Å². The number of ketones is 1. The number of nitrogens with zero attached hydrogens (tertiary/aromatic N) is 2. The summed E-state index contributed by atoms with van der Waals surface area (Å²) >= 11 is 1.44. The topological polar surface area (TPSA) is 70.5 Å². The van der Waals surface area contributed by atoms with Gasteiger partial charge < -0.3 is 5.11 Å². The fraction of sp³-hybridized carbons (Fsp3) is 0.0952. The molecule has 1 amide bonds. The van der Waals surface area contributed by atoms with Gasteiger partial charge in [0.05, 0.1) is 5.57 Å². The van der Waals surface area contributed by atoms with Crippen molar-refractivity contribution in [1.29, 1.82) is 0 Å². The van der Waals surface area contributed by atoms with Crippen LogP contribution in [0.2, 0.25) is 0 Å². The summed E-state index contributed by atoms with van der Waals surface area (Å²) in [6.07, 6.45) is 3.07. The van der Waals surface area contributed by atoms with Gasteiger partial charge in [-0.25, -0.2) is 0 Å². The smallest absolute Gasteiger partial charge is 0.300 e. The van der Waals surface area contributed by atoms with Gasteiger partial charge in [-0.3, -0.25) is 19.5 Å². The highest BCUT2D eigenvalue weighted by Gasteiger charge is 2.47. The van der Waals surface area contributed by atoms with E-state index < -0.39 is 17.7 Å². The SMILES string of the molecule is Cc1cccc(N2C(=O)C(=O)/C(=C(\O)c3ccncc3)C2c2cccs2)c1. The number of aromatic nitrogens is 1. The van der Waals surface area contributed by atoms with Crippen LogP contribution < -0.4 is 4.90 Å². The van der Waals surface area contributed by atoms with E-state index in [0.29, 0.717) is 11.3 Å². The lowest BCUT2D eigenvalue weighted by Gasteiger charge is -2.24. The number of hydrogen-bond acceptors (Lipinski definition) is 5. The van der Waals surface area contributed by atoms with Gasteiger partial charge in [0, 0.05) is 28.5 Å². The quantitative estimate of drug-likeness (QED) is 0.425. The van der Waals surface area contributed by atoms with Gasteiger partial charge in [-0.1, -0.05) is 18.2 Å². The fourth-order valence-electron chi connectivity index (χ4n) is 3.26. The molecule has 0 aliphatic carbocycles. The van der Waals surface area contributed by atoms with E-state index >= 15 is 0 Å². The summed E-state index contributed by atoms with van der Waals surface area (Å²) in [7, 11) is 0. The molecule has 1 saturated heterocycles. The summed E-state index contributed by atoms with van der Waals surface area (Å²) in [4.78, 5) is 32.0. The largest absolute Gasteiger partial charge is 0.507 e. The van der Waals surface area contributed by atoms with Gasteiger partial charge in [0.1, 0.15) is 11.8 Å². The first kappa shape index (κ1) is 17.2. The summed E-state index contributed by atoms with van der Waals surface area (Å²) in [6, 6.07) is 13.7. The van der Waals surface area contributed by atoms with Crippen molar-refractivity contribution in [3.05, 3.63) is 87.9 Å². The number of aliphatic hydroxyl groups is 1. The van der Waals surface area contributed by atoms with Crippen molar-refractivity contribution in [2.45, 2.75) is 13.0 Å². The average Bonchev–Trinajstić information content (AvgIpc) is 3.29. The number of carbonyl (C=O) groups is 2. The molecular weight excluding hydrogens is 360 g/mol. The van der Waals surface area contributed by atoms with E-state index in [0.717, 1.165) is 10.4 Å². The van der Waals surface area contributed by atoms with Gasteiger partial charge in [0.2, 0.25) is 0 Å². The Bertz CT molecular complexity index is 1040. The van der Waals surface area contributed by atoms with Crippen LogP contribution in [-0.2, 0) is 9.59 Å². The molecule has 1 aromatic carbocycles. The number of carbonyl (C=O) groups excluding carboxylic acids is 2. The lowest BCUT2D eigenvalue weighted by molar-refractivity contribution is -0.132. The zero-order chi connectivity index (χ0) is 19.0. The second-order valence-corrected chi connectivity index (χ2v) is 7.24. The molecule has 1 aliphatic heterocycles. The molecule has 1 fully saturated rings. The van der Waals surface area contributed by atoms with Crippen molar-refractivity contribution in [2.24, 2.45) is 0 Å². The number of aliphatic hydroxyl groups excluding tert-OH is 1. The minimum atomic E-state index is -0.691. The molecule has 134 valence electrons. The third-order valence-electron chi connectivity index (χ3n) is 4.49. The highest BCUT2D eigenvalue weighted by Crippen LogP contribution is 2.43. The number of hydrogen-bond donors (Lipinski definition) is 1. The van der Waals surface area contributed by atoms with Crippen LogP contribution >= 0.6 is 11.3 Å². The Kier molecular flexibility index (Phi) is 4.33. The van der Waals surface area contributed by atoms with Gasteiger partial charge in [-0.2, -0.15) is 0 Å². The molecule has 1 unspecified atom stereocenters. The first-order valence-electron chi connectivity index (χ1n) is 8.39. The van der Waals surface area contributed by atoms with E-state index in [1.165, 1.54) is 28.6 Å². The normalized spacial score (nSPS) is 18.9. The molecule has 1 atom stereocenters. The maximum absolute atomic E-state index is 12.9. The third kappa shape index (κ3) is 2.94. The van der Waals surface area contributed by atoms with Gasteiger partial charge in [0.15, 0.2) is 0 Å². The van der Waals surface area contributed by atoms with Crippen LogP contribution in [0.25, 0.3) is 5.76 Å². The molecule has 3 heterocycles. The van der Waals surface area contributed by atoms with E-state index in [-0.39, 0.29) is 11.3 Å². The second kappa shape index (κ2) is 6.81. The predicted molar refractivity (Wildman–Crippen MR) is 105 cm³/mol. The van der Waals surface area contributed by atoms with Crippen molar-refractivity contribution in [1.82, 2.24) is 4.98 Å². The third-order valence-corrected chi connectivity index (χ3v) is 5.42. The highest BCUT2D eigenvalue weighted by atomic mass is 32.1. The van der Waals surface area contributed by atoms with Crippen LogP contribution in [0, 0.1) is 6.92 Å². The molecular formula is C21H16N2O3S. The minimum absolute atomic E-state index is 0.0927. The monoisotopic (exact) mass is 376 g/mol. The van der Waals surface area contributed by atoms with E-state index in [2.05, 4.69) is 4.98 Å². The molecule has 2 aromatic heterocycles. The predicted octanol–water partition coefficient (Wildman–Crippen LogP) is 4.08. The Balaban J connectivity index is 1.94. The van der Waals surface area contributed by atoms with E-state index in [9.17, 15) is 14.7 Å². The molecule has 0 radical (unpaired) electrons. The van der Waals surface area contributed by atoms with Gasteiger partial charge in [-0.15, -0.1) is 11.3 Å². The maximum Gasteiger partial charge on any atom is 0.300 e. The zero-order valence-electron chi connectivity index (χ0n) is 14.5. The summed E-state index contributed by atoms with van der Waals surface area (Å²) < 4.78 is 0. The van der Waals surface area contributed by atoms with Crippen molar-refractivity contribution in [2.75, 3.05) is 4.90 Å². The Morgan fingerprint density at radius 1 is 1.11 bits per heavy atom. The van der Waals surface area contributed by atoms with Crippen molar-refractivity contribution < 1.29 is 14.7 Å². The van der Waals surface area contributed by atoms with E-state index in [4.69, 9.17) is 0 Å². The average molecular weight is 376 g/mol. The lowest BCUT2D eigenvalue weighted by atomic mass is 10.00. The number of pyridine rings is 1. The Hall–Kier alpha value is -3.25. The highest BCUT2D eigenvalue weighted by molar-refractivity contribution is 7.10. The van der Waals surface area contributed by atoms with Crippen LogP contribution in [0.3, 0.4) is 0 Å². The number of anilines is 1. The number of benzene rings is 1. The molecule has 6 heteroatoms. The Labute approximate surface area is 160 Å². The molecule has 0 bridgehead atoms. The van der Waals surface area contributed by atoms with Gasteiger partial charge >= 0.3 is 0 Å². The standard InChI is InChI=1S/C21H16N2O3S/c1-13-4-2-5-15(12-13)23-18(16-6-3-11-27-16)17(20(25)21(23)26)19(24)14-7-9-22-10-8-14/h2-12,18,24H,1H3/b19-17-. The van der Waals surface area contributed by atoms with Gasteiger partial charge in [0.25, 0.3) is 11.7 Å². The number of Topliss-reactive ketones (excluding diaryl/α,β-unsaturated/α-hetero) is 1. The molecule has 27 heavy (non-hydrogen) atoms. The summed E-state index contributed by atoms with van der Waals surface area (Å²) in [5.74, 6) is -1.52. The molecule has 1 aliphatic rings. The first-order valence-corrected chi connectivity index (χ1v) is 9.27. The molecule has 0 spiro atoms. The lowest BCUT2D eigenvalue weighted by Crippen LogP contribution is -2.29. The second-order valence-electron chi connectivity index (χ2n) is 6.26. The summed E-state index contributed by atoms with van der Waals surface area (Å²) in [5, 5.41) is 12.7. The Morgan fingerprint density at radius 3 is 2.56 bits per heavy atom. The van der Waals surface area contributed by atoms with Crippen molar-refractivity contribution in [3.8, 4) is 0 Å². The molecule has 5 nitrogen and oxygen atoms in total. The maximum atomic E-state index is 12.9. The fourth-order valence-corrected chi connectivity index (χ4v) is 4.08. The van der Waals surface area contributed by atoms with Crippen molar-refractivity contribution >= 4 is 34.5 Å². The molecule has 0 saturated carbocycles. The first-order chi connectivity index (χ1) is 13.1. The van der Waals surface area contributed by atoms with Crippen LogP contribution in [0.4, 0.5) is 5.69 Å². The minimum Gasteiger partial charge on any atom is -0.507 e. The van der Waals surface area contributed by atoms with Crippen LogP contribution in [0.5, 0.6) is 0 Å². The number of rotatable bonds is 3. The van der Waals surface area contributed by atoms with Gasteiger partial charge in [-0.05, 0) is 48.2 Å². The van der Waals surface area contributed by atoms with E-state index in [1.54, 1.807) is 18.2 Å². The van der Waals surface area contributed by atoms with Crippen molar-refractivity contribution in [3.63, 3.8) is 0 Å².